The zero-order valence-electron chi connectivity index (χ0n) is 23.6. The normalized spacial score (nSPS) is 16.7. The molecule has 1 aliphatic rings. The van der Waals surface area contributed by atoms with Crippen LogP contribution in [0.4, 0.5) is 14.9 Å². The van der Waals surface area contributed by atoms with E-state index in [0.717, 1.165) is 28.1 Å². The number of anilines is 1. The number of sulfonamides is 1. The van der Waals surface area contributed by atoms with Gasteiger partial charge in [0.05, 0.1) is 23.6 Å². The maximum absolute atomic E-state index is 13.6. The van der Waals surface area contributed by atoms with Crippen LogP contribution in [0.2, 0.25) is 0 Å². The molecule has 1 fully saturated rings. The summed E-state index contributed by atoms with van der Waals surface area (Å²) in [4.78, 5) is 26.7. The van der Waals surface area contributed by atoms with E-state index in [0.29, 0.717) is 5.69 Å². The van der Waals surface area contributed by atoms with Crippen LogP contribution in [-0.4, -0.2) is 77.9 Å². The Morgan fingerprint density at radius 1 is 1.05 bits per heavy atom. The Labute approximate surface area is 249 Å². The van der Waals surface area contributed by atoms with Gasteiger partial charge < -0.3 is 25.4 Å². The first-order chi connectivity index (χ1) is 20.3. The van der Waals surface area contributed by atoms with E-state index in [4.69, 9.17) is 4.74 Å². The molecule has 230 valence electrons. The maximum Gasteiger partial charge on any atom is 0.415 e. The average Bonchev–Trinajstić information content (AvgIpc) is 3.36. The van der Waals surface area contributed by atoms with Crippen LogP contribution in [0.5, 0.6) is 11.5 Å². The van der Waals surface area contributed by atoms with Crippen LogP contribution in [0.25, 0.3) is 0 Å². The van der Waals surface area contributed by atoms with Crippen LogP contribution < -0.4 is 10.2 Å². The molecule has 4 rings (SSSR count). The number of amides is 2. The monoisotopic (exact) mass is 615 g/mol. The van der Waals surface area contributed by atoms with Gasteiger partial charge in [0.1, 0.15) is 5.82 Å². The van der Waals surface area contributed by atoms with Gasteiger partial charge >= 0.3 is 6.09 Å². The lowest BCUT2D eigenvalue weighted by Crippen LogP contribution is -2.53. The van der Waals surface area contributed by atoms with Crippen molar-refractivity contribution in [2.75, 3.05) is 24.5 Å². The summed E-state index contributed by atoms with van der Waals surface area (Å²) in [6, 6.07) is 16.2. The number of phenols is 2. The van der Waals surface area contributed by atoms with Crippen molar-refractivity contribution in [1.82, 2.24) is 9.62 Å². The van der Waals surface area contributed by atoms with E-state index >= 15 is 0 Å². The van der Waals surface area contributed by atoms with Gasteiger partial charge in [-0.15, -0.1) is 0 Å². The topological polar surface area (TPSA) is 157 Å². The Morgan fingerprint density at radius 3 is 2.35 bits per heavy atom. The lowest BCUT2D eigenvalue weighted by Gasteiger charge is -2.31. The van der Waals surface area contributed by atoms with Gasteiger partial charge in [0.15, 0.2) is 17.6 Å². The van der Waals surface area contributed by atoms with Crippen molar-refractivity contribution in [3.63, 3.8) is 0 Å². The number of carbonyl (C=O) groups is 2. The number of aliphatic hydroxyl groups excluding tert-OH is 1. The van der Waals surface area contributed by atoms with Crippen LogP contribution in [0.1, 0.15) is 19.4 Å². The Balaban J connectivity index is 1.55. The second-order valence-corrected chi connectivity index (χ2v) is 12.6. The van der Waals surface area contributed by atoms with Crippen LogP contribution >= 0.6 is 0 Å². The van der Waals surface area contributed by atoms with Crippen LogP contribution in [0, 0.1) is 11.7 Å². The van der Waals surface area contributed by atoms with E-state index in [1.165, 1.54) is 29.2 Å². The van der Waals surface area contributed by atoms with Gasteiger partial charge in [-0.2, -0.15) is 4.31 Å². The van der Waals surface area contributed by atoms with Gasteiger partial charge in [0.2, 0.25) is 10.0 Å². The number of aromatic hydroxyl groups is 2. The largest absolute Gasteiger partial charge is 0.504 e. The third-order valence-corrected chi connectivity index (χ3v) is 8.70. The van der Waals surface area contributed by atoms with Gasteiger partial charge in [-0.25, -0.2) is 17.6 Å². The molecule has 13 heteroatoms. The minimum absolute atomic E-state index is 0.0138. The number of carbonyl (C=O) groups excluding carboxylic acids is 2. The lowest BCUT2D eigenvalue weighted by molar-refractivity contribution is -0.129. The van der Waals surface area contributed by atoms with E-state index in [1.54, 1.807) is 44.2 Å². The van der Waals surface area contributed by atoms with Crippen molar-refractivity contribution in [2.24, 2.45) is 5.92 Å². The predicted molar refractivity (Wildman–Crippen MR) is 155 cm³/mol. The van der Waals surface area contributed by atoms with Crippen molar-refractivity contribution in [3.8, 4) is 11.5 Å². The van der Waals surface area contributed by atoms with Crippen molar-refractivity contribution in [3.05, 3.63) is 84.2 Å². The predicted octanol–water partition coefficient (Wildman–Crippen LogP) is 3.00. The molecule has 11 nitrogen and oxygen atoms in total. The SMILES string of the molecule is CC(C)CN(C[C@@H](O)[C@H](Cc1ccccc1)NC(=O)[C@@H]1CN(c2ccc(F)cc2)C(=O)O1)S(=O)(=O)c1ccc(O)c(O)c1. The third kappa shape index (κ3) is 7.80. The minimum atomic E-state index is -4.24. The van der Waals surface area contributed by atoms with Crippen LogP contribution in [-0.2, 0) is 26.0 Å². The summed E-state index contributed by atoms with van der Waals surface area (Å²) < 4.78 is 46.8. The molecule has 1 saturated heterocycles. The molecule has 0 aliphatic carbocycles. The number of ether oxygens (including phenoxy) is 1. The standard InChI is InChI=1S/C30H34FN3O8S/c1-19(2)16-33(43(40,41)23-12-13-25(35)26(36)15-23)17-27(37)24(14-20-6-4-3-5-7-20)32-29(38)28-18-34(30(39)42-28)22-10-8-21(31)9-11-22/h3-13,15,19,24,27-28,35-37H,14,16-18H2,1-2H3,(H,32,38)/t24-,27+,28-/m0/s1. The highest BCUT2D eigenvalue weighted by molar-refractivity contribution is 7.89. The lowest BCUT2D eigenvalue weighted by atomic mass is 10.0. The molecule has 3 atom stereocenters. The average molecular weight is 616 g/mol. The van der Waals surface area contributed by atoms with E-state index in [-0.39, 0.29) is 30.3 Å². The number of benzene rings is 3. The Morgan fingerprint density at radius 2 is 1.72 bits per heavy atom. The number of nitrogens with one attached hydrogen (secondary N) is 1. The van der Waals surface area contributed by atoms with E-state index in [9.17, 15) is 37.7 Å². The molecule has 2 amide bonds. The molecule has 0 saturated carbocycles. The Bertz CT molecular complexity index is 1540. The third-order valence-electron chi connectivity index (χ3n) is 6.88. The quantitative estimate of drug-likeness (QED) is 0.227. The molecule has 1 heterocycles. The number of hydrogen-bond acceptors (Lipinski definition) is 8. The molecular weight excluding hydrogens is 581 g/mol. The van der Waals surface area contributed by atoms with E-state index < -0.39 is 64.1 Å². The molecule has 0 bridgehead atoms. The number of halogens is 1. The highest BCUT2D eigenvalue weighted by Gasteiger charge is 2.39. The summed E-state index contributed by atoms with van der Waals surface area (Å²) in [5.41, 5.74) is 1.10. The molecule has 0 aromatic heterocycles. The molecule has 43 heavy (non-hydrogen) atoms. The molecule has 0 radical (unpaired) electrons. The van der Waals surface area contributed by atoms with Crippen molar-refractivity contribution < 1.29 is 42.5 Å². The fourth-order valence-electron chi connectivity index (χ4n) is 4.68. The Hall–Kier alpha value is -4.20. The molecule has 4 N–H and O–H groups in total. The first-order valence-corrected chi connectivity index (χ1v) is 15.1. The summed E-state index contributed by atoms with van der Waals surface area (Å²) in [6.45, 7) is 3.05. The summed E-state index contributed by atoms with van der Waals surface area (Å²) in [7, 11) is -4.24. The summed E-state index contributed by atoms with van der Waals surface area (Å²) in [6.07, 6.45) is -3.31. The van der Waals surface area contributed by atoms with Gasteiger partial charge in [0.25, 0.3) is 5.91 Å². The number of cyclic esters (lactones) is 1. The van der Waals surface area contributed by atoms with Crippen molar-refractivity contribution in [1.29, 1.82) is 0 Å². The highest BCUT2D eigenvalue weighted by atomic mass is 32.2. The number of aliphatic hydroxyl groups is 1. The number of hydrogen-bond donors (Lipinski definition) is 4. The molecule has 1 aliphatic heterocycles. The zero-order valence-corrected chi connectivity index (χ0v) is 24.4. The molecular formula is C30H34FN3O8S. The molecule has 3 aromatic carbocycles. The minimum Gasteiger partial charge on any atom is -0.504 e. The van der Waals surface area contributed by atoms with Gasteiger partial charge in [-0.05, 0) is 54.3 Å². The summed E-state index contributed by atoms with van der Waals surface area (Å²) >= 11 is 0. The smallest absolute Gasteiger partial charge is 0.415 e. The van der Waals surface area contributed by atoms with Gasteiger partial charge in [-0.1, -0.05) is 44.2 Å². The highest BCUT2D eigenvalue weighted by Crippen LogP contribution is 2.29. The fraction of sp³-hybridized carbons (Fsp3) is 0.333. The second kappa shape index (κ2) is 13.4. The summed E-state index contributed by atoms with van der Waals surface area (Å²) in [5, 5.41) is 33.7. The number of phenolic OH excluding ortho intramolecular Hbond substituents is 2. The second-order valence-electron chi connectivity index (χ2n) is 10.7. The van der Waals surface area contributed by atoms with Gasteiger partial charge in [-0.3, -0.25) is 9.69 Å². The Kier molecular flexibility index (Phi) is 9.89. The van der Waals surface area contributed by atoms with Crippen LogP contribution in [0.3, 0.4) is 0 Å². The molecule has 0 unspecified atom stereocenters. The summed E-state index contributed by atoms with van der Waals surface area (Å²) in [5.74, 6) is -2.42. The number of nitrogens with zero attached hydrogens (tertiary/aromatic N) is 2. The van der Waals surface area contributed by atoms with E-state index in [1.807, 2.05) is 0 Å². The zero-order chi connectivity index (χ0) is 31.3. The maximum atomic E-state index is 13.6. The molecule has 3 aromatic rings. The van der Waals surface area contributed by atoms with Crippen LogP contribution in [0.15, 0.2) is 77.7 Å². The molecule has 0 spiro atoms. The first kappa shape index (κ1) is 31.7. The first-order valence-electron chi connectivity index (χ1n) is 13.6. The number of rotatable bonds is 12. The van der Waals surface area contributed by atoms with E-state index in [2.05, 4.69) is 5.32 Å². The fourth-order valence-corrected chi connectivity index (χ4v) is 6.33. The van der Waals surface area contributed by atoms with Crippen molar-refractivity contribution in [2.45, 2.75) is 43.4 Å². The van der Waals surface area contributed by atoms with Gasteiger partial charge in [0, 0.05) is 24.8 Å². The van der Waals surface area contributed by atoms with Crippen molar-refractivity contribution >= 4 is 27.7 Å².